The lowest BCUT2D eigenvalue weighted by Gasteiger charge is -2.24. The van der Waals surface area contributed by atoms with Crippen molar-refractivity contribution in [3.05, 3.63) is 66.2 Å². The molecule has 0 atom stereocenters. The first kappa shape index (κ1) is 17.3. The van der Waals surface area contributed by atoms with Crippen LogP contribution in [0, 0.1) is 0 Å². The van der Waals surface area contributed by atoms with Gasteiger partial charge in [0, 0.05) is 25.2 Å². The highest BCUT2D eigenvalue weighted by atomic mass is 35.5. The van der Waals surface area contributed by atoms with Gasteiger partial charge in [-0.1, -0.05) is 43.0 Å². The molecule has 1 amide bonds. The first-order valence-electron chi connectivity index (χ1n) is 7.55. The number of amides is 1. The summed E-state index contributed by atoms with van der Waals surface area (Å²) in [5, 5.41) is 3.10. The number of nitrogens with one attached hydrogen (secondary N) is 1. The van der Waals surface area contributed by atoms with Gasteiger partial charge in [0.1, 0.15) is 0 Å². The number of carbonyl (C=O) groups is 1. The number of anilines is 1. The molecule has 4 heteroatoms. The third-order valence-corrected chi connectivity index (χ3v) is 4.14. The van der Waals surface area contributed by atoms with Gasteiger partial charge >= 0.3 is 0 Å². The van der Waals surface area contributed by atoms with E-state index in [1.807, 2.05) is 24.1 Å². The number of hydrogen-bond donors (Lipinski definition) is 1. The van der Waals surface area contributed by atoms with E-state index < -0.39 is 0 Å². The van der Waals surface area contributed by atoms with Gasteiger partial charge in [-0.25, -0.2) is 0 Å². The predicted molar refractivity (Wildman–Crippen MR) is 98.4 cm³/mol. The summed E-state index contributed by atoms with van der Waals surface area (Å²) in [7, 11) is 1.89. The van der Waals surface area contributed by atoms with Gasteiger partial charge in [-0.05, 0) is 41.4 Å². The average molecular weight is 329 g/mol. The minimum absolute atomic E-state index is 0. The Morgan fingerprint density at radius 1 is 1.22 bits per heavy atom. The Kier molecular flexibility index (Phi) is 5.59. The van der Waals surface area contributed by atoms with E-state index in [2.05, 4.69) is 42.2 Å². The number of rotatable bonds is 5. The van der Waals surface area contributed by atoms with Crippen molar-refractivity contribution < 1.29 is 4.79 Å². The first-order valence-corrected chi connectivity index (χ1v) is 7.55. The Balaban J connectivity index is 0.00000192. The normalized spacial score (nSPS) is 11.2. The van der Waals surface area contributed by atoms with Gasteiger partial charge in [0.25, 0.3) is 0 Å². The Morgan fingerprint density at radius 2 is 1.96 bits per heavy atom. The summed E-state index contributed by atoms with van der Waals surface area (Å²) in [6.45, 7) is 5.02. The SMILES string of the molecule is C=CC(=O)N(CCNC)c1cccc2c1Cc1ccccc1-2.Cl. The zero-order valence-electron chi connectivity index (χ0n) is 13.2. The molecule has 0 saturated carbocycles. The van der Waals surface area contributed by atoms with Crippen LogP contribution < -0.4 is 10.2 Å². The first-order chi connectivity index (χ1) is 10.8. The molecule has 0 heterocycles. The summed E-state index contributed by atoms with van der Waals surface area (Å²) >= 11 is 0. The molecule has 0 bridgehead atoms. The molecule has 1 N–H and O–H groups in total. The standard InChI is InChI=1S/C19H20N2O.ClH/c1-3-19(22)21(12-11-20-2)18-10-6-9-16-15-8-5-4-7-14(15)13-17(16)18;/h3-10,20H,1,11-13H2,2H3;1H. The molecule has 23 heavy (non-hydrogen) atoms. The number of fused-ring (bicyclic) bond motifs is 3. The van der Waals surface area contributed by atoms with Crippen LogP contribution in [0.15, 0.2) is 55.1 Å². The Bertz CT molecular complexity index is 727. The molecule has 0 unspecified atom stereocenters. The lowest BCUT2D eigenvalue weighted by Crippen LogP contribution is -2.35. The zero-order valence-corrected chi connectivity index (χ0v) is 14.0. The fraction of sp³-hybridized carbons (Fsp3) is 0.211. The summed E-state index contributed by atoms with van der Waals surface area (Å²) in [6, 6.07) is 14.6. The van der Waals surface area contributed by atoms with Crippen molar-refractivity contribution in [2.45, 2.75) is 6.42 Å². The van der Waals surface area contributed by atoms with Crippen LogP contribution in [0.1, 0.15) is 11.1 Å². The van der Waals surface area contributed by atoms with Crippen LogP contribution in [0.25, 0.3) is 11.1 Å². The summed E-state index contributed by atoms with van der Waals surface area (Å²) in [4.78, 5) is 14.1. The van der Waals surface area contributed by atoms with E-state index in [0.717, 1.165) is 18.7 Å². The maximum absolute atomic E-state index is 12.3. The molecule has 0 aliphatic heterocycles. The van der Waals surface area contributed by atoms with Crippen LogP contribution in [0.4, 0.5) is 5.69 Å². The number of likely N-dealkylation sites (N-methyl/N-ethyl adjacent to an activating group) is 1. The van der Waals surface area contributed by atoms with Gasteiger partial charge in [0.2, 0.25) is 5.91 Å². The highest BCUT2D eigenvalue weighted by molar-refractivity contribution is 6.02. The average Bonchev–Trinajstić information content (AvgIpc) is 2.94. The summed E-state index contributed by atoms with van der Waals surface area (Å²) < 4.78 is 0. The fourth-order valence-electron chi connectivity index (χ4n) is 3.08. The van der Waals surface area contributed by atoms with E-state index >= 15 is 0 Å². The van der Waals surface area contributed by atoms with Gasteiger partial charge < -0.3 is 10.2 Å². The van der Waals surface area contributed by atoms with Crippen molar-refractivity contribution in [2.75, 3.05) is 25.0 Å². The molecule has 0 spiro atoms. The Morgan fingerprint density at radius 3 is 2.70 bits per heavy atom. The van der Waals surface area contributed by atoms with Gasteiger partial charge in [-0.3, -0.25) is 4.79 Å². The van der Waals surface area contributed by atoms with Crippen molar-refractivity contribution in [1.29, 1.82) is 0 Å². The van der Waals surface area contributed by atoms with Crippen LogP contribution in [0.3, 0.4) is 0 Å². The van der Waals surface area contributed by atoms with Gasteiger partial charge in [-0.15, -0.1) is 12.4 Å². The van der Waals surface area contributed by atoms with Crippen LogP contribution in [-0.4, -0.2) is 26.0 Å². The van der Waals surface area contributed by atoms with Crippen LogP contribution in [0.5, 0.6) is 0 Å². The molecule has 0 saturated heterocycles. The van der Waals surface area contributed by atoms with Gasteiger partial charge in [-0.2, -0.15) is 0 Å². The number of carbonyl (C=O) groups excluding carboxylic acids is 1. The predicted octanol–water partition coefficient (Wildman–Crippen LogP) is 3.42. The molecule has 120 valence electrons. The second-order valence-corrected chi connectivity index (χ2v) is 5.43. The summed E-state index contributed by atoms with van der Waals surface area (Å²) in [6.07, 6.45) is 2.26. The maximum Gasteiger partial charge on any atom is 0.250 e. The number of hydrogen-bond acceptors (Lipinski definition) is 2. The van der Waals surface area contributed by atoms with Crippen molar-refractivity contribution in [3.8, 4) is 11.1 Å². The van der Waals surface area contributed by atoms with E-state index in [9.17, 15) is 4.79 Å². The van der Waals surface area contributed by atoms with E-state index in [-0.39, 0.29) is 18.3 Å². The molecule has 1 aliphatic rings. The molecule has 0 fully saturated rings. The molecular formula is C19H21ClN2O. The van der Waals surface area contributed by atoms with Crippen molar-refractivity contribution in [1.82, 2.24) is 5.32 Å². The topological polar surface area (TPSA) is 32.3 Å². The van der Waals surface area contributed by atoms with Crippen LogP contribution >= 0.6 is 12.4 Å². The highest BCUT2D eigenvalue weighted by Crippen LogP contribution is 2.41. The highest BCUT2D eigenvalue weighted by Gasteiger charge is 2.24. The third-order valence-electron chi connectivity index (χ3n) is 4.14. The second-order valence-electron chi connectivity index (χ2n) is 5.43. The maximum atomic E-state index is 12.3. The number of halogens is 1. The van der Waals surface area contributed by atoms with E-state index in [0.29, 0.717) is 6.54 Å². The zero-order chi connectivity index (χ0) is 15.5. The van der Waals surface area contributed by atoms with E-state index in [1.165, 1.54) is 28.3 Å². The van der Waals surface area contributed by atoms with Crippen molar-refractivity contribution >= 4 is 24.0 Å². The smallest absolute Gasteiger partial charge is 0.250 e. The fourth-order valence-corrected chi connectivity index (χ4v) is 3.08. The molecular weight excluding hydrogens is 308 g/mol. The molecule has 0 aromatic heterocycles. The van der Waals surface area contributed by atoms with Crippen molar-refractivity contribution in [2.24, 2.45) is 0 Å². The largest absolute Gasteiger partial charge is 0.318 e. The molecule has 3 rings (SSSR count). The van der Waals surface area contributed by atoms with Gasteiger partial charge in [0.15, 0.2) is 0 Å². The molecule has 2 aromatic rings. The Labute approximate surface area is 143 Å². The lowest BCUT2D eigenvalue weighted by molar-refractivity contribution is -0.114. The summed E-state index contributed by atoms with van der Waals surface area (Å²) in [5.74, 6) is -0.0559. The minimum Gasteiger partial charge on any atom is -0.318 e. The van der Waals surface area contributed by atoms with Crippen LogP contribution in [-0.2, 0) is 11.2 Å². The molecule has 3 nitrogen and oxygen atoms in total. The third kappa shape index (κ3) is 3.16. The van der Waals surface area contributed by atoms with Gasteiger partial charge in [0.05, 0.1) is 0 Å². The monoisotopic (exact) mass is 328 g/mol. The molecule has 2 aromatic carbocycles. The molecule has 0 radical (unpaired) electrons. The number of benzene rings is 2. The van der Waals surface area contributed by atoms with E-state index in [4.69, 9.17) is 0 Å². The summed E-state index contributed by atoms with van der Waals surface area (Å²) in [5.41, 5.74) is 6.06. The van der Waals surface area contributed by atoms with Crippen molar-refractivity contribution in [3.63, 3.8) is 0 Å². The Hall–Kier alpha value is -2.10. The lowest BCUT2D eigenvalue weighted by atomic mass is 10.0. The quantitative estimate of drug-likeness (QED) is 0.728. The minimum atomic E-state index is -0.0559. The van der Waals surface area contributed by atoms with Crippen LogP contribution in [0.2, 0.25) is 0 Å². The second kappa shape index (κ2) is 7.44. The van der Waals surface area contributed by atoms with E-state index in [1.54, 1.807) is 0 Å². The molecule has 1 aliphatic carbocycles. The number of nitrogens with zero attached hydrogens (tertiary/aromatic N) is 1.